The molecule has 0 aromatic heterocycles. The summed E-state index contributed by atoms with van der Waals surface area (Å²) in [7, 11) is -3.98. The second kappa shape index (κ2) is 7.77. The monoisotopic (exact) mass is 422 g/mol. The molecule has 2 aromatic rings. The minimum Gasteiger partial charge on any atom is -0.323 e. The molecular weight excluding hydrogens is 409 g/mol. The van der Waals surface area contributed by atoms with Gasteiger partial charge in [0.2, 0.25) is 15.9 Å². The Morgan fingerprint density at radius 2 is 1.77 bits per heavy atom. The smallest absolute Gasteiger partial charge is 0.248 e. The maximum atomic E-state index is 13.5. The van der Waals surface area contributed by atoms with Gasteiger partial charge in [-0.15, -0.1) is 0 Å². The summed E-state index contributed by atoms with van der Waals surface area (Å²) in [6, 6.07) is 5.66. The molecule has 1 amide bonds. The molecule has 0 radical (unpaired) electrons. The predicted octanol–water partition coefficient (Wildman–Crippen LogP) is 4.06. The van der Waals surface area contributed by atoms with Gasteiger partial charge in [0, 0.05) is 11.1 Å². The number of anilines is 2. The summed E-state index contributed by atoms with van der Waals surface area (Å²) in [4.78, 5) is 12.5. The summed E-state index contributed by atoms with van der Waals surface area (Å²) in [6.45, 7) is 1.30. The molecule has 0 aliphatic heterocycles. The van der Waals surface area contributed by atoms with Crippen LogP contribution in [0.1, 0.15) is 6.92 Å². The van der Waals surface area contributed by atoms with Crippen molar-refractivity contribution in [1.82, 2.24) is 0 Å². The van der Waals surface area contributed by atoms with Gasteiger partial charge in [-0.1, -0.05) is 23.2 Å². The van der Waals surface area contributed by atoms with E-state index in [9.17, 15) is 22.0 Å². The van der Waals surface area contributed by atoms with E-state index in [2.05, 4.69) is 5.32 Å². The van der Waals surface area contributed by atoms with E-state index in [0.717, 1.165) is 18.4 Å². The minimum atomic E-state index is -3.98. The van der Waals surface area contributed by atoms with Gasteiger partial charge in [0.15, 0.2) is 11.6 Å². The molecule has 0 heterocycles. The molecule has 140 valence electrons. The van der Waals surface area contributed by atoms with Gasteiger partial charge in [-0.3, -0.25) is 9.10 Å². The Bertz CT molecular complexity index is 955. The molecule has 0 unspecified atom stereocenters. The molecule has 0 fully saturated rings. The van der Waals surface area contributed by atoms with E-state index in [-0.39, 0.29) is 16.4 Å². The van der Waals surface area contributed by atoms with Gasteiger partial charge in [0.25, 0.3) is 0 Å². The van der Waals surface area contributed by atoms with Crippen LogP contribution in [0.4, 0.5) is 20.2 Å². The third-order valence-corrected chi connectivity index (χ3v) is 5.24. The maximum absolute atomic E-state index is 13.5. The highest BCUT2D eigenvalue weighted by molar-refractivity contribution is 7.92. The molecule has 2 rings (SSSR count). The molecule has 2 aromatic carbocycles. The first-order chi connectivity index (χ1) is 12.0. The number of nitrogens with one attached hydrogen (secondary N) is 1. The number of carbonyl (C=O) groups excluding carboxylic acids is 1. The summed E-state index contributed by atoms with van der Waals surface area (Å²) in [5.74, 6) is -3.10. The lowest BCUT2D eigenvalue weighted by Crippen LogP contribution is -2.45. The van der Waals surface area contributed by atoms with Gasteiger partial charge < -0.3 is 5.32 Å². The SMILES string of the molecule is C[C@@H](C(=O)Nc1cc(Cl)ccc1Cl)N(c1ccc(F)c(F)c1)S(C)(=O)=O. The first-order valence-corrected chi connectivity index (χ1v) is 9.81. The zero-order valence-corrected chi connectivity index (χ0v) is 16.0. The van der Waals surface area contributed by atoms with Gasteiger partial charge in [-0.2, -0.15) is 0 Å². The lowest BCUT2D eigenvalue weighted by Gasteiger charge is -2.28. The molecule has 1 atom stereocenters. The van der Waals surface area contributed by atoms with Crippen molar-refractivity contribution in [3.8, 4) is 0 Å². The van der Waals surface area contributed by atoms with Crippen molar-refractivity contribution in [3.63, 3.8) is 0 Å². The van der Waals surface area contributed by atoms with Crippen LogP contribution in [0.3, 0.4) is 0 Å². The van der Waals surface area contributed by atoms with E-state index in [0.29, 0.717) is 15.4 Å². The van der Waals surface area contributed by atoms with Gasteiger partial charge in [-0.05, 0) is 37.3 Å². The molecular formula is C16H14Cl2F2N2O3S. The fourth-order valence-corrected chi connectivity index (χ4v) is 3.76. The maximum Gasteiger partial charge on any atom is 0.248 e. The average molecular weight is 423 g/mol. The highest BCUT2D eigenvalue weighted by Gasteiger charge is 2.30. The Balaban J connectivity index is 2.37. The minimum absolute atomic E-state index is 0.189. The van der Waals surface area contributed by atoms with E-state index in [1.165, 1.54) is 25.1 Å². The third kappa shape index (κ3) is 4.63. The second-order valence-corrected chi connectivity index (χ2v) is 8.15. The first-order valence-electron chi connectivity index (χ1n) is 7.21. The highest BCUT2D eigenvalue weighted by Crippen LogP contribution is 2.27. The molecule has 1 N–H and O–H groups in total. The quantitative estimate of drug-likeness (QED) is 0.789. The van der Waals surface area contributed by atoms with Crippen LogP contribution in [0.2, 0.25) is 10.0 Å². The van der Waals surface area contributed by atoms with Crippen molar-refractivity contribution in [2.24, 2.45) is 0 Å². The van der Waals surface area contributed by atoms with Crippen molar-refractivity contribution in [2.75, 3.05) is 15.9 Å². The van der Waals surface area contributed by atoms with Crippen LogP contribution in [0.15, 0.2) is 36.4 Å². The summed E-state index contributed by atoms with van der Waals surface area (Å²) < 4.78 is 51.6. The number of sulfonamides is 1. The standard InChI is InChI=1S/C16H14Cl2F2N2O3S/c1-9(16(23)21-15-7-10(17)3-5-12(15)18)22(26(2,24)25)11-4-6-13(19)14(20)8-11/h3-9H,1-2H3,(H,21,23)/t9-/m0/s1. The number of amides is 1. The Morgan fingerprint density at radius 3 is 2.35 bits per heavy atom. The second-order valence-electron chi connectivity index (χ2n) is 5.45. The van der Waals surface area contributed by atoms with Crippen molar-refractivity contribution < 1.29 is 22.0 Å². The number of benzene rings is 2. The summed E-state index contributed by atoms with van der Waals surface area (Å²) in [5.41, 5.74) is 0.000922. The van der Waals surface area contributed by atoms with E-state index in [4.69, 9.17) is 23.2 Å². The first kappa shape index (κ1) is 20.4. The van der Waals surface area contributed by atoms with Gasteiger partial charge in [0.1, 0.15) is 6.04 Å². The predicted molar refractivity (Wildman–Crippen MR) is 98.2 cm³/mol. The zero-order chi connectivity index (χ0) is 19.6. The molecule has 5 nitrogen and oxygen atoms in total. The van der Waals surface area contributed by atoms with E-state index >= 15 is 0 Å². The molecule has 0 saturated heterocycles. The van der Waals surface area contributed by atoms with E-state index < -0.39 is 33.6 Å². The summed E-state index contributed by atoms with van der Waals surface area (Å²) in [5, 5.41) is 2.99. The Hall–Kier alpha value is -1.90. The summed E-state index contributed by atoms with van der Waals surface area (Å²) in [6.07, 6.45) is 0.852. The van der Waals surface area contributed by atoms with E-state index in [1.54, 1.807) is 0 Å². The topological polar surface area (TPSA) is 66.5 Å². The Morgan fingerprint density at radius 1 is 1.12 bits per heavy atom. The normalized spacial score (nSPS) is 12.5. The van der Waals surface area contributed by atoms with Gasteiger partial charge in [-0.25, -0.2) is 17.2 Å². The number of hydrogen-bond donors (Lipinski definition) is 1. The fraction of sp³-hybridized carbons (Fsp3) is 0.188. The Labute approximate surface area is 159 Å². The number of nitrogens with zero attached hydrogens (tertiary/aromatic N) is 1. The number of rotatable bonds is 5. The molecule has 0 aliphatic carbocycles. The lowest BCUT2D eigenvalue weighted by atomic mass is 10.2. The Kier molecular flexibility index (Phi) is 6.10. The molecule has 0 aliphatic rings. The molecule has 0 bridgehead atoms. The van der Waals surface area contributed by atoms with Crippen molar-refractivity contribution in [1.29, 1.82) is 0 Å². The highest BCUT2D eigenvalue weighted by atomic mass is 35.5. The van der Waals surface area contributed by atoms with Gasteiger partial charge >= 0.3 is 0 Å². The number of carbonyl (C=O) groups is 1. The van der Waals surface area contributed by atoms with Crippen LogP contribution < -0.4 is 9.62 Å². The fourth-order valence-electron chi connectivity index (χ4n) is 2.26. The van der Waals surface area contributed by atoms with E-state index in [1.807, 2.05) is 0 Å². The largest absolute Gasteiger partial charge is 0.323 e. The molecule has 0 saturated carbocycles. The molecule has 10 heteroatoms. The van der Waals surface area contributed by atoms with Crippen LogP contribution in [0.5, 0.6) is 0 Å². The lowest BCUT2D eigenvalue weighted by molar-refractivity contribution is -0.116. The van der Waals surface area contributed by atoms with Crippen molar-refractivity contribution >= 4 is 50.5 Å². The van der Waals surface area contributed by atoms with Gasteiger partial charge in [0.05, 0.1) is 22.7 Å². The zero-order valence-electron chi connectivity index (χ0n) is 13.6. The molecule has 26 heavy (non-hydrogen) atoms. The molecule has 0 spiro atoms. The van der Waals surface area contributed by atoms with Crippen LogP contribution >= 0.6 is 23.2 Å². The van der Waals surface area contributed by atoms with Crippen LogP contribution in [-0.2, 0) is 14.8 Å². The van der Waals surface area contributed by atoms with Crippen LogP contribution in [-0.4, -0.2) is 26.6 Å². The van der Waals surface area contributed by atoms with Crippen molar-refractivity contribution in [2.45, 2.75) is 13.0 Å². The number of hydrogen-bond acceptors (Lipinski definition) is 3. The summed E-state index contributed by atoms with van der Waals surface area (Å²) >= 11 is 11.8. The third-order valence-electron chi connectivity index (χ3n) is 3.43. The number of halogens is 4. The van der Waals surface area contributed by atoms with Crippen LogP contribution in [0, 0.1) is 11.6 Å². The van der Waals surface area contributed by atoms with Crippen LogP contribution in [0.25, 0.3) is 0 Å². The van der Waals surface area contributed by atoms with Crippen molar-refractivity contribution in [3.05, 3.63) is 58.1 Å². The average Bonchev–Trinajstić information content (AvgIpc) is 2.53.